The number of pyridine rings is 2. The number of nitrogens with one attached hydrogen (secondary N) is 1. The van der Waals surface area contributed by atoms with Crippen LogP contribution in [0, 0.1) is 6.92 Å². The van der Waals surface area contributed by atoms with Crippen molar-refractivity contribution in [1.82, 2.24) is 15.3 Å². The molecule has 0 aliphatic rings. The number of aryl methyl sites for hydroxylation is 1. The largest absolute Gasteiger partial charge is 0.383 e. The standard InChI is InChI=1S/C13H15ClN4/c1-8-5-6-17-13(15)11(8)12(16-2)10-4-3-9(14)7-18-10/h3-7,12,16H,1-2H3,(H2,15,17). The summed E-state index contributed by atoms with van der Waals surface area (Å²) in [5.41, 5.74) is 8.86. The highest BCUT2D eigenvalue weighted by Gasteiger charge is 2.18. The molecule has 0 saturated carbocycles. The number of nitrogens with two attached hydrogens (primary N) is 1. The van der Waals surface area contributed by atoms with Crippen LogP contribution in [0.2, 0.25) is 5.02 Å². The first kappa shape index (κ1) is 12.8. The second kappa shape index (κ2) is 5.33. The lowest BCUT2D eigenvalue weighted by Gasteiger charge is -2.19. The van der Waals surface area contributed by atoms with Gasteiger partial charge in [0.05, 0.1) is 16.8 Å². The molecule has 0 aliphatic carbocycles. The molecule has 2 aromatic heterocycles. The number of hydrogen-bond acceptors (Lipinski definition) is 4. The molecule has 0 saturated heterocycles. The highest BCUT2D eigenvalue weighted by atomic mass is 35.5. The fraction of sp³-hybridized carbons (Fsp3) is 0.231. The topological polar surface area (TPSA) is 63.8 Å². The molecule has 0 aliphatic heterocycles. The van der Waals surface area contributed by atoms with Gasteiger partial charge in [0, 0.05) is 18.0 Å². The number of rotatable bonds is 3. The van der Waals surface area contributed by atoms with Gasteiger partial charge in [0.15, 0.2) is 0 Å². The highest BCUT2D eigenvalue weighted by molar-refractivity contribution is 6.30. The zero-order chi connectivity index (χ0) is 13.1. The SMILES string of the molecule is CNC(c1ccc(Cl)cn1)c1c(C)ccnc1N. The Balaban J connectivity index is 2.48. The molecule has 5 heteroatoms. The zero-order valence-corrected chi connectivity index (χ0v) is 11.1. The maximum Gasteiger partial charge on any atom is 0.128 e. The van der Waals surface area contributed by atoms with Gasteiger partial charge in [-0.25, -0.2) is 4.98 Å². The van der Waals surface area contributed by atoms with E-state index in [1.165, 1.54) is 0 Å². The third-order valence-corrected chi connectivity index (χ3v) is 3.09. The molecule has 2 aromatic rings. The molecule has 1 unspecified atom stereocenters. The number of nitrogens with zero attached hydrogens (tertiary/aromatic N) is 2. The van der Waals surface area contributed by atoms with Crippen LogP contribution >= 0.6 is 11.6 Å². The normalized spacial score (nSPS) is 12.4. The number of nitrogen functional groups attached to an aromatic ring is 1. The van der Waals surface area contributed by atoms with E-state index in [1.54, 1.807) is 12.4 Å². The van der Waals surface area contributed by atoms with Crippen LogP contribution in [-0.2, 0) is 0 Å². The lowest BCUT2D eigenvalue weighted by molar-refractivity contribution is 0.666. The summed E-state index contributed by atoms with van der Waals surface area (Å²) in [6.45, 7) is 2.01. The van der Waals surface area contributed by atoms with Crippen molar-refractivity contribution in [1.29, 1.82) is 0 Å². The van der Waals surface area contributed by atoms with Gasteiger partial charge in [0.2, 0.25) is 0 Å². The fourth-order valence-corrected chi connectivity index (χ4v) is 2.08. The van der Waals surface area contributed by atoms with E-state index in [0.29, 0.717) is 10.8 Å². The summed E-state index contributed by atoms with van der Waals surface area (Å²) < 4.78 is 0. The van der Waals surface area contributed by atoms with E-state index < -0.39 is 0 Å². The van der Waals surface area contributed by atoms with E-state index in [-0.39, 0.29) is 6.04 Å². The van der Waals surface area contributed by atoms with Crippen LogP contribution in [0.5, 0.6) is 0 Å². The molecule has 4 nitrogen and oxygen atoms in total. The molecule has 2 heterocycles. The Bertz CT molecular complexity index is 519. The molecular formula is C13H15ClN4. The Morgan fingerprint density at radius 2 is 2.06 bits per heavy atom. The quantitative estimate of drug-likeness (QED) is 0.891. The van der Waals surface area contributed by atoms with E-state index in [0.717, 1.165) is 16.8 Å². The Hall–Kier alpha value is -1.65. The summed E-state index contributed by atoms with van der Waals surface area (Å²) in [7, 11) is 1.87. The Labute approximate surface area is 111 Å². The monoisotopic (exact) mass is 262 g/mol. The van der Waals surface area contributed by atoms with Crippen molar-refractivity contribution in [3.05, 3.63) is 52.4 Å². The van der Waals surface area contributed by atoms with E-state index in [1.807, 2.05) is 32.2 Å². The third kappa shape index (κ3) is 2.44. The minimum atomic E-state index is -0.0871. The van der Waals surface area contributed by atoms with E-state index in [4.69, 9.17) is 17.3 Å². The molecule has 94 valence electrons. The lowest BCUT2D eigenvalue weighted by Crippen LogP contribution is -2.21. The molecule has 0 aromatic carbocycles. The van der Waals surface area contributed by atoms with Crippen LogP contribution < -0.4 is 11.1 Å². The van der Waals surface area contributed by atoms with Crippen molar-refractivity contribution in [3.63, 3.8) is 0 Å². The predicted octanol–water partition coefficient (Wildman–Crippen LogP) is 2.33. The smallest absolute Gasteiger partial charge is 0.128 e. The number of halogens is 1. The molecule has 0 bridgehead atoms. The summed E-state index contributed by atoms with van der Waals surface area (Å²) in [5.74, 6) is 0.520. The second-order valence-electron chi connectivity index (χ2n) is 4.05. The molecule has 3 N–H and O–H groups in total. The first-order valence-corrected chi connectivity index (χ1v) is 6.01. The average Bonchev–Trinajstić information content (AvgIpc) is 2.35. The fourth-order valence-electron chi connectivity index (χ4n) is 1.96. The van der Waals surface area contributed by atoms with Gasteiger partial charge in [0.1, 0.15) is 5.82 Å². The number of aromatic nitrogens is 2. The van der Waals surface area contributed by atoms with Gasteiger partial charge < -0.3 is 11.1 Å². The Kier molecular flexibility index (Phi) is 3.79. The summed E-state index contributed by atoms with van der Waals surface area (Å²) in [6, 6.07) is 5.55. The van der Waals surface area contributed by atoms with Crippen LogP contribution in [0.15, 0.2) is 30.6 Å². The summed E-state index contributed by atoms with van der Waals surface area (Å²) >= 11 is 5.85. The first-order chi connectivity index (χ1) is 8.63. The van der Waals surface area contributed by atoms with Gasteiger partial charge in [-0.3, -0.25) is 4.98 Å². The zero-order valence-electron chi connectivity index (χ0n) is 10.3. The number of hydrogen-bond donors (Lipinski definition) is 2. The molecule has 2 rings (SSSR count). The predicted molar refractivity (Wildman–Crippen MR) is 73.5 cm³/mol. The molecule has 0 spiro atoms. The highest BCUT2D eigenvalue weighted by Crippen LogP contribution is 2.27. The third-order valence-electron chi connectivity index (χ3n) is 2.86. The van der Waals surface area contributed by atoms with Gasteiger partial charge >= 0.3 is 0 Å². The summed E-state index contributed by atoms with van der Waals surface area (Å²) in [5, 5.41) is 3.83. The molecule has 0 fully saturated rings. The van der Waals surface area contributed by atoms with Crippen molar-refractivity contribution in [2.45, 2.75) is 13.0 Å². The van der Waals surface area contributed by atoms with Gasteiger partial charge in [-0.1, -0.05) is 11.6 Å². The van der Waals surface area contributed by atoms with E-state index in [2.05, 4.69) is 15.3 Å². The first-order valence-electron chi connectivity index (χ1n) is 5.63. The van der Waals surface area contributed by atoms with Gasteiger partial charge in [-0.05, 0) is 37.7 Å². The minimum absolute atomic E-state index is 0.0871. The van der Waals surface area contributed by atoms with Crippen molar-refractivity contribution in [2.75, 3.05) is 12.8 Å². The average molecular weight is 263 g/mol. The van der Waals surface area contributed by atoms with Crippen LogP contribution in [0.1, 0.15) is 22.9 Å². The summed E-state index contributed by atoms with van der Waals surface area (Å²) in [6.07, 6.45) is 3.33. The van der Waals surface area contributed by atoms with Gasteiger partial charge in [-0.2, -0.15) is 0 Å². The van der Waals surface area contributed by atoms with Gasteiger partial charge in [-0.15, -0.1) is 0 Å². The maximum absolute atomic E-state index is 5.96. The Morgan fingerprint density at radius 1 is 1.28 bits per heavy atom. The van der Waals surface area contributed by atoms with Crippen LogP contribution in [0.3, 0.4) is 0 Å². The molecule has 18 heavy (non-hydrogen) atoms. The minimum Gasteiger partial charge on any atom is -0.383 e. The molecule has 0 radical (unpaired) electrons. The molecule has 0 amide bonds. The Morgan fingerprint density at radius 3 is 2.61 bits per heavy atom. The number of anilines is 1. The van der Waals surface area contributed by atoms with Crippen LogP contribution in [0.25, 0.3) is 0 Å². The van der Waals surface area contributed by atoms with Crippen LogP contribution in [-0.4, -0.2) is 17.0 Å². The molecule has 1 atom stereocenters. The maximum atomic E-state index is 5.96. The van der Waals surface area contributed by atoms with E-state index in [9.17, 15) is 0 Å². The van der Waals surface area contributed by atoms with Gasteiger partial charge in [0.25, 0.3) is 0 Å². The van der Waals surface area contributed by atoms with Crippen molar-refractivity contribution >= 4 is 17.4 Å². The van der Waals surface area contributed by atoms with Crippen molar-refractivity contribution in [3.8, 4) is 0 Å². The summed E-state index contributed by atoms with van der Waals surface area (Å²) in [4.78, 5) is 8.47. The lowest BCUT2D eigenvalue weighted by atomic mass is 9.99. The van der Waals surface area contributed by atoms with Crippen molar-refractivity contribution < 1.29 is 0 Å². The van der Waals surface area contributed by atoms with E-state index >= 15 is 0 Å². The molecular weight excluding hydrogens is 248 g/mol. The van der Waals surface area contributed by atoms with Crippen LogP contribution in [0.4, 0.5) is 5.82 Å². The second-order valence-corrected chi connectivity index (χ2v) is 4.49. The van der Waals surface area contributed by atoms with Crippen molar-refractivity contribution in [2.24, 2.45) is 0 Å².